The Morgan fingerprint density at radius 1 is 1.05 bits per heavy atom. The Hall–Kier alpha value is -3.91. The number of aryl methyl sites for hydroxylation is 1. The van der Waals surface area contributed by atoms with Gasteiger partial charge in [0.2, 0.25) is 5.91 Å². The molecule has 6 nitrogen and oxygen atoms in total. The number of aromatic amines is 1. The van der Waals surface area contributed by atoms with Gasteiger partial charge in [0.25, 0.3) is 0 Å². The van der Waals surface area contributed by atoms with E-state index in [1.165, 1.54) is 6.08 Å². The minimum atomic E-state index is -0.401. The van der Waals surface area contributed by atoms with Gasteiger partial charge in [-0.15, -0.1) is 0 Å². The van der Waals surface area contributed by atoms with Crippen LogP contribution in [0.1, 0.15) is 11.3 Å². The molecule has 0 bridgehead atoms. The number of furan rings is 1. The van der Waals surface area contributed by atoms with E-state index in [1.54, 1.807) is 30.3 Å². The molecule has 0 fully saturated rings. The predicted molar refractivity (Wildman–Crippen MR) is 154 cm³/mol. The van der Waals surface area contributed by atoms with Crippen LogP contribution in [-0.2, 0) is 4.79 Å². The van der Waals surface area contributed by atoms with Crippen molar-refractivity contribution in [1.82, 2.24) is 15.3 Å². The highest BCUT2D eigenvalue weighted by Gasteiger charge is 2.11. The average molecular weight is 547 g/mol. The molecule has 2 heterocycles. The molecular weight excluding hydrogens is 527 g/mol. The number of hydrogen-bond donors (Lipinski definition) is 3. The number of imidazole rings is 1. The van der Waals surface area contributed by atoms with Crippen molar-refractivity contribution in [3.05, 3.63) is 100 Å². The van der Waals surface area contributed by atoms with E-state index in [0.29, 0.717) is 27.1 Å². The Kier molecular flexibility index (Phi) is 7.10. The Labute approximate surface area is 228 Å². The molecule has 0 radical (unpaired) electrons. The van der Waals surface area contributed by atoms with Crippen LogP contribution in [-0.4, -0.2) is 21.0 Å². The molecule has 0 spiro atoms. The number of nitrogens with one attached hydrogen (secondary N) is 3. The summed E-state index contributed by atoms with van der Waals surface area (Å²) in [6.07, 6.45) is 2.89. The Balaban J connectivity index is 1.24. The van der Waals surface area contributed by atoms with E-state index >= 15 is 0 Å². The van der Waals surface area contributed by atoms with Gasteiger partial charge in [-0.1, -0.05) is 53.5 Å². The van der Waals surface area contributed by atoms with Crippen molar-refractivity contribution in [3.63, 3.8) is 0 Å². The van der Waals surface area contributed by atoms with Gasteiger partial charge in [-0.3, -0.25) is 10.1 Å². The number of anilines is 1. The van der Waals surface area contributed by atoms with Crippen LogP contribution in [0.5, 0.6) is 0 Å². The lowest BCUT2D eigenvalue weighted by Gasteiger charge is -2.12. The van der Waals surface area contributed by atoms with Crippen LogP contribution in [0.15, 0.2) is 83.3 Å². The second-order valence-electron chi connectivity index (χ2n) is 8.21. The molecule has 0 unspecified atom stereocenters. The lowest BCUT2D eigenvalue weighted by Crippen LogP contribution is -2.33. The van der Waals surface area contributed by atoms with Crippen molar-refractivity contribution in [3.8, 4) is 22.7 Å². The molecule has 0 atom stereocenters. The first-order chi connectivity index (χ1) is 17.9. The van der Waals surface area contributed by atoms with E-state index in [4.69, 9.17) is 39.8 Å². The fourth-order valence-electron chi connectivity index (χ4n) is 3.74. The number of H-pyrrole nitrogens is 1. The van der Waals surface area contributed by atoms with E-state index in [9.17, 15) is 4.79 Å². The van der Waals surface area contributed by atoms with Gasteiger partial charge in [0.05, 0.1) is 21.1 Å². The molecule has 2 aromatic heterocycles. The normalized spacial score (nSPS) is 11.2. The third kappa shape index (κ3) is 5.59. The quantitative estimate of drug-likeness (QED) is 0.156. The number of benzene rings is 3. The molecule has 9 heteroatoms. The summed E-state index contributed by atoms with van der Waals surface area (Å²) < 4.78 is 5.78. The third-order valence-electron chi connectivity index (χ3n) is 5.63. The maximum Gasteiger partial charge on any atom is 0.250 e. The largest absolute Gasteiger partial charge is 0.457 e. The highest BCUT2D eigenvalue weighted by atomic mass is 35.5. The van der Waals surface area contributed by atoms with Crippen molar-refractivity contribution in [2.24, 2.45) is 0 Å². The first-order valence-corrected chi connectivity index (χ1v) is 12.4. The van der Waals surface area contributed by atoms with E-state index in [-0.39, 0.29) is 5.11 Å². The first-order valence-electron chi connectivity index (χ1n) is 11.3. The van der Waals surface area contributed by atoms with Gasteiger partial charge in [-0.2, -0.15) is 0 Å². The Morgan fingerprint density at radius 2 is 1.89 bits per heavy atom. The molecule has 0 aliphatic heterocycles. The number of thiocarbonyl (C=S) groups is 1. The zero-order chi connectivity index (χ0) is 25.9. The minimum absolute atomic E-state index is 0.172. The number of carbonyl (C=O) groups is 1. The highest BCUT2D eigenvalue weighted by Crippen LogP contribution is 2.34. The number of aromatic nitrogens is 2. The number of amides is 1. The Bertz CT molecular complexity index is 1640. The molecular formula is C28H20Cl2N4O2S. The molecule has 3 N–H and O–H groups in total. The molecule has 5 rings (SSSR count). The number of rotatable bonds is 5. The zero-order valence-electron chi connectivity index (χ0n) is 19.5. The second-order valence-corrected chi connectivity index (χ2v) is 9.41. The molecule has 0 aliphatic rings. The molecule has 0 saturated carbocycles. The first kappa shape index (κ1) is 24.8. The number of para-hydroxylation sites is 2. The summed E-state index contributed by atoms with van der Waals surface area (Å²) in [4.78, 5) is 20.4. The van der Waals surface area contributed by atoms with Crippen molar-refractivity contribution >= 4 is 69.2 Å². The molecule has 1 amide bonds. The fraction of sp³-hybridized carbons (Fsp3) is 0.0357. The van der Waals surface area contributed by atoms with Crippen LogP contribution in [0, 0.1) is 6.92 Å². The summed E-state index contributed by atoms with van der Waals surface area (Å²) in [5, 5.41) is 6.76. The van der Waals surface area contributed by atoms with Crippen molar-refractivity contribution in [2.45, 2.75) is 6.92 Å². The fourth-order valence-corrected chi connectivity index (χ4v) is 4.34. The monoisotopic (exact) mass is 546 g/mol. The van der Waals surface area contributed by atoms with Gasteiger partial charge in [-0.05, 0) is 73.2 Å². The number of carbonyl (C=O) groups excluding carboxylic acids is 1. The zero-order valence-corrected chi connectivity index (χ0v) is 21.8. The van der Waals surface area contributed by atoms with Crippen LogP contribution >= 0.6 is 35.4 Å². The summed E-state index contributed by atoms with van der Waals surface area (Å²) >= 11 is 17.7. The van der Waals surface area contributed by atoms with Crippen LogP contribution in [0.25, 0.3) is 39.8 Å². The molecule has 184 valence electrons. The van der Waals surface area contributed by atoms with Gasteiger partial charge in [0.1, 0.15) is 17.3 Å². The average Bonchev–Trinajstić information content (AvgIpc) is 3.53. The molecule has 5 aromatic rings. The molecule has 0 aliphatic carbocycles. The van der Waals surface area contributed by atoms with Gasteiger partial charge >= 0.3 is 0 Å². The van der Waals surface area contributed by atoms with Crippen molar-refractivity contribution in [2.75, 3.05) is 5.32 Å². The van der Waals surface area contributed by atoms with Crippen LogP contribution in [0.2, 0.25) is 10.0 Å². The number of hydrogen-bond acceptors (Lipinski definition) is 4. The van der Waals surface area contributed by atoms with Gasteiger partial charge in [-0.25, -0.2) is 4.98 Å². The summed E-state index contributed by atoms with van der Waals surface area (Å²) in [5.41, 5.74) is 5.15. The SMILES string of the molecule is Cc1ccc(-c2nc3ccccc3[nH]2)cc1NC(=S)NC(=O)C=Cc1ccc(-c2cccc(Cl)c2Cl)o1. The van der Waals surface area contributed by atoms with Crippen LogP contribution in [0.4, 0.5) is 5.69 Å². The van der Waals surface area contributed by atoms with Gasteiger partial charge in [0.15, 0.2) is 5.11 Å². The van der Waals surface area contributed by atoms with Crippen LogP contribution in [0.3, 0.4) is 0 Å². The van der Waals surface area contributed by atoms with Crippen LogP contribution < -0.4 is 10.6 Å². The minimum Gasteiger partial charge on any atom is -0.457 e. The standard InChI is InChI=1S/C28H20Cl2N4O2S/c1-16-9-10-17(27-31-21-7-2-3-8-22(21)32-27)15-23(16)33-28(37)34-25(35)14-12-18-11-13-24(36-18)19-5-4-6-20(29)26(19)30/h2-15H,1H3,(H,31,32)(H2,33,34,35,37). The summed E-state index contributed by atoms with van der Waals surface area (Å²) in [5.74, 6) is 1.38. The maximum atomic E-state index is 12.4. The highest BCUT2D eigenvalue weighted by molar-refractivity contribution is 7.80. The molecule has 37 heavy (non-hydrogen) atoms. The predicted octanol–water partition coefficient (Wildman–Crippen LogP) is 7.63. The molecule has 0 saturated heterocycles. The Morgan fingerprint density at radius 3 is 2.73 bits per heavy atom. The molecule has 3 aromatic carbocycles. The van der Waals surface area contributed by atoms with Gasteiger partial charge < -0.3 is 14.7 Å². The topological polar surface area (TPSA) is 83.0 Å². The lowest BCUT2D eigenvalue weighted by molar-refractivity contribution is -0.115. The number of nitrogens with zero attached hydrogens (tertiary/aromatic N) is 1. The van der Waals surface area contributed by atoms with E-state index in [2.05, 4.69) is 20.6 Å². The number of halogens is 2. The second kappa shape index (κ2) is 10.6. The summed E-state index contributed by atoms with van der Waals surface area (Å²) in [6.45, 7) is 1.95. The third-order valence-corrected chi connectivity index (χ3v) is 6.65. The smallest absolute Gasteiger partial charge is 0.250 e. The lowest BCUT2D eigenvalue weighted by atomic mass is 10.1. The van der Waals surface area contributed by atoms with Gasteiger partial charge in [0, 0.05) is 22.9 Å². The van der Waals surface area contributed by atoms with Crippen molar-refractivity contribution in [1.29, 1.82) is 0 Å². The van der Waals surface area contributed by atoms with Crippen molar-refractivity contribution < 1.29 is 9.21 Å². The summed E-state index contributed by atoms with van der Waals surface area (Å²) in [7, 11) is 0. The number of fused-ring (bicyclic) bond motifs is 1. The maximum absolute atomic E-state index is 12.4. The van der Waals surface area contributed by atoms with E-state index in [0.717, 1.165) is 33.7 Å². The van der Waals surface area contributed by atoms with E-state index in [1.807, 2.05) is 55.5 Å². The summed E-state index contributed by atoms with van der Waals surface area (Å²) in [6, 6.07) is 22.5. The van der Waals surface area contributed by atoms with E-state index < -0.39 is 5.91 Å².